The average Bonchev–Trinajstić information content (AvgIpc) is 2.37. The van der Waals surface area contributed by atoms with Gasteiger partial charge < -0.3 is 19.3 Å². The molecular formula is C14H20O4. The highest BCUT2D eigenvalue weighted by Gasteiger charge is 2.39. The Morgan fingerprint density at radius 3 is 2.50 bits per heavy atom. The molecule has 0 bridgehead atoms. The smallest absolute Gasteiger partial charge is 0.119 e. The Balaban J connectivity index is 1.82. The molecule has 4 heteroatoms. The minimum absolute atomic E-state index is 0.110. The molecule has 1 aliphatic heterocycles. The summed E-state index contributed by atoms with van der Waals surface area (Å²) in [6.45, 7) is 2.50. The summed E-state index contributed by atoms with van der Waals surface area (Å²) in [5, 5.41) is 9.28. The zero-order valence-corrected chi connectivity index (χ0v) is 10.7. The molecule has 1 aromatic carbocycles. The third-order valence-electron chi connectivity index (χ3n) is 3.22. The van der Waals surface area contributed by atoms with Gasteiger partial charge in [-0.1, -0.05) is 12.1 Å². The van der Waals surface area contributed by atoms with Gasteiger partial charge in [-0.3, -0.25) is 0 Å². The molecule has 2 rings (SSSR count). The zero-order valence-electron chi connectivity index (χ0n) is 10.7. The number of rotatable bonds is 7. The van der Waals surface area contributed by atoms with Crippen molar-refractivity contribution in [1.82, 2.24) is 0 Å². The van der Waals surface area contributed by atoms with Crippen molar-refractivity contribution in [2.24, 2.45) is 5.41 Å². The van der Waals surface area contributed by atoms with E-state index in [0.29, 0.717) is 19.8 Å². The van der Waals surface area contributed by atoms with Crippen LogP contribution in [0.1, 0.15) is 5.56 Å². The lowest BCUT2D eigenvalue weighted by Crippen LogP contribution is -2.49. The Morgan fingerprint density at radius 2 is 2.00 bits per heavy atom. The fourth-order valence-corrected chi connectivity index (χ4v) is 1.82. The summed E-state index contributed by atoms with van der Waals surface area (Å²) in [5.74, 6) is 0.830. The molecule has 1 saturated heterocycles. The fourth-order valence-electron chi connectivity index (χ4n) is 1.82. The summed E-state index contributed by atoms with van der Waals surface area (Å²) in [4.78, 5) is 0. The third kappa shape index (κ3) is 3.22. The zero-order chi connectivity index (χ0) is 12.8. The van der Waals surface area contributed by atoms with Crippen molar-refractivity contribution in [3.63, 3.8) is 0 Å². The van der Waals surface area contributed by atoms with E-state index in [4.69, 9.17) is 14.2 Å². The van der Waals surface area contributed by atoms with E-state index in [9.17, 15) is 5.11 Å². The van der Waals surface area contributed by atoms with Crippen LogP contribution in [0.3, 0.4) is 0 Å². The van der Waals surface area contributed by atoms with E-state index >= 15 is 0 Å². The van der Waals surface area contributed by atoms with E-state index < -0.39 is 0 Å². The Hall–Kier alpha value is -1.10. The van der Waals surface area contributed by atoms with Crippen LogP contribution in [0.5, 0.6) is 5.75 Å². The van der Waals surface area contributed by atoms with E-state index in [2.05, 4.69) is 0 Å². The van der Waals surface area contributed by atoms with Crippen LogP contribution in [-0.2, 0) is 15.9 Å². The van der Waals surface area contributed by atoms with E-state index in [1.165, 1.54) is 5.56 Å². The topological polar surface area (TPSA) is 47.9 Å². The molecule has 100 valence electrons. The molecule has 0 spiro atoms. The number of aliphatic hydroxyl groups excluding tert-OH is 1. The van der Waals surface area contributed by atoms with Crippen LogP contribution in [0.15, 0.2) is 24.3 Å². The molecule has 0 aromatic heterocycles. The molecule has 4 nitrogen and oxygen atoms in total. The SMILES string of the molecule is COCCc1ccc(OCC2(CO)COC2)cc1. The molecule has 0 radical (unpaired) electrons. The van der Waals surface area contributed by atoms with Gasteiger partial charge in [-0.05, 0) is 24.1 Å². The molecule has 0 unspecified atom stereocenters. The molecular weight excluding hydrogens is 232 g/mol. The Morgan fingerprint density at radius 1 is 1.28 bits per heavy atom. The molecule has 1 aliphatic rings. The summed E-state index contributed by atoms with van der Waals surface area (Å²) < 4.78 is 15.9. The van der Waals surface area contributed by atoms with E-state index in [0.717, 1.165) is 18.8 Å². The predicted octanol–water partition coefficient (Wildman–Crippen LogP) is 1.26. The quantitative estimate of drug-likeness (QED) is 0.793. The van der Waals surface area contributed by atoms with Crippen molar-refractivity contribution in [3.05, 3.63) is 29.8 Å². The molecule has 1 aromatic rings. The minimum atomic E-state index is -0.200. The summed E-state index contributed by atoms with van der Waals surface area (Å²) in [7, 11) is 1.70. The molecule has 0 atom stereocenters. The van der Waals surface area contributed by atoms with Crippen molar-refractivity contribution in [1.29, 1.82) is 0 Å². The van der Waals surface area contributed by atoms with Crippen LogP contribution in [0.4, 0.5) is 0 Å². The van der Waals surface area contributed by atoms with Gasteiger partial charge in [0.1, 0.15) is 12.4 Å². The van der Waals surface area contributed by atoms with Gasteiger partial charge in [-0.25, -0.2) is 0 Å². The van der Waals surface area contributed by atoms with Crippen molar-refractivity contribution in [2.75, 3.05) is 40.1 Å². The average molecular weight is 252 g/mol. The van der Waals surface area contributed by atoms with Crippen LogP contribution in [0.2, 0.25) is 0 Å². The van der Waals surface area contributed by atoms with Crippen molar-refractivity contribution < 1.29 is 19.3 Å². The van der Waals surface area contributed by atoms with Crippen molar-refractivity contribution >= 4 is 0 Å². The summed E-state index contributed by atoms with van der Waals surface area (Å²) in [6.07, 6.45) is 0.908. The van der Waals surface area contributed by atoms with Crippen LogP contribution in [0.25, 0.3) is 0 Å². The normalized spacial score (nSPS) is 17.2. The second kappa shape index (κ2) is 6.18. The molecule has 0 amide bonds. The van der Waals surface area contributed by atoms with Gasteiger partial charge in [-0.15, -0.1) is 0 Å². The molecule has 1 heterocycles. The van der Waals surface area contributed by atoms with Gasteiger partial charge >= 0.3 is 0 Å². The number of hydrogen-bond acceptors (Lipinski definition) is 4. The highest BCUT2D eigenvalue weighted by atomic mass is 16.5. The number of methoxy groups -OCH3 is 1. The maximum Gasteiger partial charge on any atom is 0.119 e. The van der Waals surface area contributed by atoms with Crippen LogP contribution in [-0.4, -0.2) is 45.3 Å². The largest absolute Gasteiger partial charge is 0.493 e. The number of aliphatic hydroxyl groups is 1. The molecule has 18 heavy (non-hydrogen) atoms. The lowest BCUT2D eigenvalue weighted by atomic mass is 9.88. The monoisotopic (exact) mass is 252 g/mol. The Bertz CT molecular complexity index is 351. The number of ether oxygens (including phenoxy) is 3. The van der Waals surface area contributed by atoms with Gasteiger partial charge in [0, 0.05) is 7.11 Å². The number of benzene rings is 1. The number of hydrogen-bond donors (Lipinski definition) is 1. The maximum absolute atomic E-state index is 9.28. The fraction of sp³-hybridized carbons (Fsp3) is 0.571. The van der Waals surface area contributed by atoms with E-state index in [1.54, 1.807) is 7.11 Å². The molecule has 1 fully saturated rings. The first kappa shape index (κ1) is 13.3. The second-order valence-corrected chi connectivity index (χ2v) is 4.83. The summed E-state index contributed by atoms with van der Waals surface area (Å²) >= 11 is 0. The standard InChI is InChI=1S/C14H20O4/c1-16-7-6-12-2-4-13(5-3-12)18-11-14(8-15)9-17-10-14/h2-5,15H,6-11H2,1H3. The van der Waals surface area contributed by atoms with Crippen molar-refractivity contribution in [3.8, 4) is 5.75 Å². The summed E-state index contributed by atoms with van der Waals surface area (Å²) in [6, 6.07) is 7.99. The summed E-state index contributed by atoms with van der Waals surface area (Å²) in [5.41, 5.74) is 1.03. The van der Waals surface area contributed by atoms with Gasteiger partial charge in [0.15, 0.2) is 0 Å². The van der Waals surface area contributed by atoms with Crippen LogP contribution in [0, 0.1) is 5.41 Å². The first-order valence-electron chi connectivity index (χ1n) is 6.17. The maximum atomic E-state index is 9.28. The Labute approximate surface area is 107 Å². The first-order chi connectivity index (χ1) is 8.78. The Kier molecular flexibility index (Phi) is 4.58. The molecule has 0 aliphatic carbocycles. The third-order valence-corrected chi connectivity index (χ3v) is 3.22. The van der Waals surface area contributed by atoms with Crippen molar-refractivity contribution in [2.45, 2.75) is 6.42 Å². The minimum Gasteiger partial charge on any atom is -0.493 e. The predicted molar refractivity (Wildman–Crippen MR) is 67.9 cm³/mol. The van der Waals surface area contributed by atoms with E-state index in [1.807, 2.05) is 24.3 Å². The van der Waals surface area contributed by atoms with Gasteiger partial charge in [0.2, 0.25) is 0 Å². The first-order valence-corrected chi connectivity index (χ1v) is 6.17. The lowest BCUT2D eigenvalue weighted by molar-refractivity contribution is -0.153. The second-order valence-electron chi connectivity index (χ2n) is 4.83. The highest BCUT2D eigenvalue weighted by molar-refractivity contribution is 5.27. The lowest BCUT2D eigenvalue weighted by Gasteiger charge is -2.39. The van der Waals surface area contributed by atoms with E-state index in [-0.39, 0.29) is 12.0 Å². The van der Waals surface area contributed by atoms with Gasteiger partial charge in [-0.2, -0.15) is 0 Å². The highest BCUT2D eigenvalue weighted by Crippen LogP contribution is 2.27. The molecule has 1 N–H and O–H groups in total. The van der Waals surface area contributed by atoms with Gasteiger partial charge in [0.05, 0.1) is 31.8 Å². The molecule has 0 saturated carbocycles. The van der Waals surface area contributed by atoms with Crippen LogP contribution >= 0.6 is 0 Å². The van der Waals surface area contributed by atoms with Gasteiger partial charge in [0.25, 0.3) is 0 Å². The van der Waals surface area contributed by atoms with Crippen LogP contribution < -0.4 is 4.74 Å².